The average molecular weight is 302 g/mol. The topological polar surface area (TPSA) is 89.9 Å². The molecule has 0 N–H and O–H groups in total. The van der Waals surface area contributed by atoms with E-state index < -0.39 is 0 Å². The van der Waals surface area contributed by atoms with Crippen molar-refractivity contribution in [1.29, 1.82) is 0 Å². The van der Waals surface area contributed by atoms with Crippen LogP contribution < -0.4 is 0 Å². The SMILES string of the molecule is O=C(CCn1ccnn1)N1CCC[C@@H]1c1noc(C2CC2)n1. The number of aromatic nitrogens is 5. The third-order valence-electron chi connectivity index (χ3n) is 4.28. The van der Waals surface area contributed by atoms with Gasteiger partial charge in [-0.3, -0.25) is 9.48 Å². The lowest BCUT2D eigenvalue weighted by Crippen LogP contribution is -2.31. The summed E-state index contributed by atoms with van der Waals surface area (Å²) in [6.07, 6.45) is 7.93. The van der Waals surface area contributed by atoms with Crippen LogP contribution in [0.3, 0.4) is 0 Å². The zero-order valence-electron chi connectivity index (χ0n) is 12.3. The summed E-state index contributed by atoms with van der Waals surface area (Å²) in [5, 5.41) is 11.7. The minimum Gasteiger partial charge on any atom is -0.339 e. The lowest BCUT2D eigenvalue weighted by molar-refractivity contribution is -0.132. The highest BCUT2D eigenvalue weighted by molar-refractivity contribution is 5.76. The number of carbonyl (C=O) groups is 1. The summed E-state index contributed by atoms with van der Waals surface area (Å²) in [6.45, 7) is 1.30. The highest BCUT2D eigenvalue weighted by atomic mass is 16.5. The molecule has 0 radical (unpaired) electrons. The van der Waals surface area contributed by atoms with Crippen molar-refractivity contribution in [2.75, 3.05) is 6.54 Å². The van der Waals surface area contributed by atoms with E-state index in [2.05, 4.69) is 20.5 Å². The Morgan fingerprint density at radius 3 is 3.05 bits per heavy atom. The molecular formula is C14H18N6O2. The Kier molecular flexibility index (Phi) is 3.36. The maximum Gasteiger partial charge on any atom is 0.229 e. The van der Waals surface area contributed by atoms with Gasteiger partial charge >= 0.3 is 0 Å². The second kappa shape index (κ2) is 5.51. The van der Waals surface area contributed by atoms with E-state index in [1.807, 2.05) is 4.90 Å². The molecule has 22 heavy (non-hydrogen) atoms. The van der Waals surface area contributed by atoms with Crippen molar-refractivity contribution in [1.82, 2.24) is 30.0 Å². The molecule has 4 rings (SSSR count). The Hall–Kier alpha value is -2.25. The number of hydrogen-bond donors (Lipinski definition) is 0. The van der Waals surface area contributed by atoms with Crippen LogP contribution in [-0.2, 0) is 11.3 Å². The highest BCUT2D eigenvalue weighted by Crippen LogP contribution is 2.40. The van der Waals surface area contributed by atoms with Gasteiger partial charge in [0.15, 0.2) is 5.82 Å². The fourth-order valence-corrected chi connectivity index (χ4v) is 2.92. The van der Waals surface area contributed by atoms with Crippen molar-refractivity contribution in [3.8, 4) is 0 Å². The van der Waals surface area contributed by atoms with Crippen molar-refractivity contribution < 1.29 is 9.32 Å². The van der Waals surface area contributed by atoms with E-state index in [0.29, 0.717) is 24.7 Å². The first kappa shape index (κ1) is 13.4. The van der Waals surface area contributed by atoms with E-state index in [-0.39, 0.29) is 11.9 Å². The Morgan fingerprint density at radius 1 is 1.36 bits per heavy atom. The molecule has 0 bridgehead atoms. The van der Waals surface area contributed by atoms with E-state index in [0.717, 1.165) is 38.1 Å². The third-order valence-corrected chi connectivity index (χ3v) is 4.28. The number of rotatable bonds is 5. The molecule has 1 saturated carbocycles. The lowest BCUT2D eigenvalue weighted by Gasteiger charge is -2.22. The van der Waals surface area contributed by atoms with Gasteiger partial charge in [-0.1, -0.05) is 10.4 Å². The summed E-state index contributed by atoms with van der Waals surface area (Å²) < 4.78 is 7.00. The van der Waals surface area contributed by atoms with Crippen molar-refractivity contribution in [2.45, 2.75) is 50.6 Å². The van der Waals surface area contributed by atoms with Crippen LogP contribution in [0.4, 0.5) is 0 Å². The first-order chi connectivity index (χ1) is 10.8. The van der Waals surface area contributed by atoms with Crippen LogP contribution in [0.25, 0.3) is 0 Å². The summed E-state index contributed by atoms with van der Waals surface area (Å²) in [7, 11) is 0. The molecule has 2 aromatic heterocycles. The summed E-state index contributed by atoms with van der Waals surface area (Å²) in [5.41, 5.74) is 0. The second-order valence-corrected chi connectivity index (χ2v) is 5.93. The number of hydrogen-bond acceptors (Lipinski definition) is 6. The fraction of sp³-hybridized carbons (Fsp3) is 0.643. The van der Waals surface area contributed by atoms with Gasteiger partial charge in [0.2, 0.25) is 11.8 Å². The van der Waals surface area contributed by atoms with Crippen molar-refractivity contribution in [3.63, 3.8) is 0 Å². The van der Waals surface area contributed by atoms with Gasteiger partial charge in [-0.05, 0) is 25.7 Å². The van der Waals surface area contributed by atoms with Crippen LogP contribution in [0.2, 0.25) is 0 Å². The Labute approximate surface area is 127 Å². The van der Waals surface area contributed by atoms with Crippen molar-refractivity contribution in [2.24, 2.45) is 0 Å². The van der Waals surface area contributed by atoms with Crippen molar-refractivity contribution in [3.05, 3.63) is 24.1 Å². The van der Waals surface area contributed by atoms with Gasteiger partial charge in [-0.2, -0.15) is 4.98 Å². The number of aryl methyl sites for hydroxylation is 1. The smallest absolute Gasteiger partial charge is 0.229 e. The predicted octanol–water partition coefficient (Wildman–Crippen LogP) is 1.29. The first-order valence-electron chi connectivity index (χ1n) is 7.78. The molecule has 8 heteroatoms. The van der Waals surface area contributed by atoms with Crippen LogP contribution in [0, 0.1) is 0 Å². The van der Waals surface area contributed by atoms with Gasteiger partial charge in [-0.25, -0.2) is 0 Å². The molecule has 1 saturated heterocycles. The Bertz CT molecular complexity index is 648. The molecular weight excluding hydrogens is 284 g/mol. The molecule has 2 aromatic rings. The Morgan fingerprint density at radius 2 is 2.27 bits per heavy atom. The normalized spacial score (nSPS) is 21.5. The lowest BCUT2D eigenvalue weighted by atomic mass is 10.2. The minimum atomic E-state index is -0.0421. The number of nitrogens with zero attached hydrogens (tertiary/aromatic N) is 6. The molecule has 0 spiro atoms. The number of amides is 1. The predicted molar refractivity (Wildman–Crippen MR) is 74.6 cm³/mol. The minimum absolute atomic E-state index is 0.0421. The quantitative estimate of drug-likeness (QED) is 0.826. The first-order valence-corrected chi connectivity index (χ1v) is 7.78. The van der Waals surface area contributed by atoms with E-state index in [9.17, 15) is 4.79 Å². The monoisotopic (exact) mass is 302 g/mol. The molecule has 2 fully saturated rings. The maximum absolute atomic E-state index is 12.5. The largest absolute Gasteiger partial charge is 0.339 e. The molecule has 1 aliphatic heterocycles. The van der Waals surface area contributed by atoms with Gasteiger partial charge in [0.1, 0.15) is 0 Å². The molecule has 0 unspecified atom stereocenters. The Balaban J connectivity index is 1.42. The van der Waals surface area contributed by atoms with Crippen LogP contribution >= 0.6 is 0 Å². The standard InChI is InChI=1S/C14H18N6O2/c21-12(5-8-19-9-6-15-18-19)20-7-1-2-11(20)13-16-14(22-17-13)10-3-4-10/h6,9-11H,1-5,7-8H2/t11-/m1/s1. The molecule has 0 aromatic carbocycles. The van der Waals surface area contributed by atoms with E-state index in [1.54, 1.807) is 17.1 Å². The number of carbonyl (C=O) groups excluding carboxylic acids is 1. The zero-order valence-corrected chi connectivity index (χ0v) is 12.3. The van der Waals surface area contributed by atoms with Gasteiger partial charge in [0.25, 0.3) is 0 Å². The van der Waals surface area contributed by atoms with Crippen LogP contribution in [0.15, 0.2) is 16.9 Å². The third kappa shape index (κ3) is 2.60. The summed E-state index contributed by atoms with van der Waals surface area (Å²) in [6, 6.07) is -0.0421. The van der Waals surface area contributed by atoms with Crippen LogP contribution in [0.1, 0.15) is 55.8 Å². The van der Waals surface area contributed by atoms with Gasteiger partial charge in [0.05, 0.1) is 18.8 Å². The molecule has 3 heterocycles. The summed E-state index contributed by atoms with van der Waals surface area (Å²) >= 11 is 0. The summed E-state index contributed by atoms with van der Waals surface area (Å²) in [5.74, 6) is 1.94. The van der Waals surface area contributed by atoms with Crippen LogP contribution in [-0.4, -0.2) is 42.5 Å². The zero-order chi connectivity index (χ0) is 14.9. The number of likely N-dealkylation sites (tertiary alicyclic amines) is 1. The molecule has 116 valence electrons. The molecule has 8 nitrogen and oxygen atoms in total. The molecule has 1 aliphatic carbocycles. The molecule has 2 aliphatic rings. The van der Waals surface area contributed by atoms with E-state index >= 15 is 0 Å². The average Bonchev–Trinajstić information content (AvgIpc) is 3.02. The van der Waals surface area contributed by atoms with Gasteiger partial charge < -0.3 is 9.42 Å². The second-order valence-electron chi connectivity index (χ2n) is 5.93. The van der Waals surface area contributed by atoms with Gasteiger partial charge in [0, 0.05) is 25.1 Å². The van der Waals surface area contributed by atoms with E-state index in [1.165, 1.54) is 0 Å². The van der Waals surface area contributed by atoms with Gasteiger partial charge in [-0.15, -0.1) is 5.10 Å². The highest BCUT2D eigenvalue weighted by Gasteiger charge is 2.35. The van der Waals surface area contributed by atoms with Crippen molar-refractivity contribution >= 4 is 5.91 Å². The fourth-order valence-electron chi connectivity index (χ4n) is 2.92. The van der Waals surface area contributed by atoms with E-state index in [4.69, 9.17) is 4.52 Å². The summed E-state index contributed by atoms with van der Waals surface area (Å²) in [4.78, 5) is 18.8. The maximum atomic E-state index is 12.5. The molecule has 1 atom stereocenters. The van der Waals surface area contributed by atoms with Crippen LogP contribution in [0.5, 0.6) is 0 Å². The molecule has 1 amide bonds.